The molecular weight excluding hydrogens is 276 g/mol. The second kappa shape index (κ2) is 5.30. The molecule has 0 aliphatic heterocycles. The van der Waals surface area contributed by atoms with Gasteiger partial charge in [-0.05, 0) is 30.2 Å². The fraction of sp³-hybridized carbons (Fsp3) is 0.222. The van der Waals surface area contributed by atoms with Gasteiger partial charge in [-0.25, -0.2) is 4.68 Å². The zero-order chi connectivity index (χ0) is 15.9. The van der Waals surface area contributed by atoms with Crippen LogP contribution in [0.5, 0.6) is 5.75 Å². The van der Waals surface area contributed by atoms with Crippen LogP contribution in [0.15, 0.2) is 41.3 Å². The molecule has 0 spiro atoms. The largest absolute Gasteiger partial charge is 0.494 e. The van der Waals surface area contributed by atoms with Crippen LogP contribution in [0, 0.1) is 13.8 Å². The summed E-state index contributed by atoms with van der Waals surface area (Å²) in [6, 6.07) is 10.4. The maximum atomic E-state index is 12.7. The minimum absolute atomic E-state index is 0.156. The predicted molar refractivity (Wildman–Crippen MR) is 88.4 cm³/mol. The Morgan fingerprint density at radius 2 is 1.82 bits per heavy atom. The van der Waals surface area contributed by atoms with Crippen LogP contribution in [0.2, 0.25) is 0 Å². The van der Waals surface area contributed by atoms with E-state index in [-0.39, 0.29) is 5.56 Å². The van der Waals surface area contributed by atoms with Crippen LogP contribution in [-0.4, -0.2) is 16.9 Å². The van der Waals surface area contributed by atoms with Gasteiger partial charge in [0.15, 0.2) is 5.75 Å². The van der Waals surface area contributed by atoms with Crippen LogP contribution in [0.1, 0.15) is 11.1 Å². The number of ether oxygens (including phenoxy) is 1. The molecule has 0 saturated heterocycles. The molecule has 112 valence electrons. The number of fused-ring (bicyclic) bond motifs is 1. The van der Waals surface area contributed by atoms with Gasteiger partial charge in [-0.15, -0.1) is 0 Å². The van der Waals surface area contributed by atoms with Crippen molar-refractivity contribution in [1.82, 2.24) is 9.78 Å². The van der Waals surface area contributed by atoms with E-state index in [1.54, 1.807) is 20.4 Å². The van der Waals surface area contributed by atoms with Crippen LogP contribution in [0.3, 0.4) is 0 Å². The second-order valence-corrected chi connectivity index (χ2v) is 5.50. The number of nitrogens with zero attached hydrogens (tertiary/aromatic N) is 2. The maximum Gasteiger partial charge on any atom is 0.278 e. The van der Waals surface area contributed by atoms with Crippen molar-refractivity contribution in [3.63, 3.8) is 0 Å². The fourth-order valence-corrected chi connectivity index (χ4v) is 2.78. The third-order valence-electron chi connectivity index (χ3n) is 3.96. The Hall–Kier alpha value is -2.62. The van der Waals surface area contributed by atoms with E-state index in [4.69, 9.17) is 4.74 Å². The van der Waals surface area contributed by atoms with E-state index >= 15 is 0 Å². The normalized spacial score (nSPS) is 10.9. The summed E-state index contributed by atoms with van der Waals surface area (Å²) >= 11 is 0. The molecule has 0 radical (unpaired) electrons. The zero-order valence-corrected chi connectivity index (χ0v) is 13.2. The molecule has 0 aliphatic carbocycles. The van der Waals surface area contributed by atoms with Crippen molar-refractivity contribution in [3.8, 4) is 16.9 Å². The highest BCUT2D eigenvalue weighted by molar-refractivity contribution is 5.99. The van der Waals surface area contributed by atoms with E-state index in [0.717, 1.165) is 27.5 Å². The van der Waals surface area contributed by atoms with Gasteiger partial charge in [-0.3, -0.25) is 4.79 Å². The highest BCUT2D eigenvalue weighted by Crippen LogP contribution is 2.35. The molecule has 0 unspecified atom stereocenters. The van der Waals surface area contributed by atoms with E-state index in [1.165, 1.54) is 4.68 Å². The summed E-state index contributed by atoms with van der Waals surface area (Å²) in [4.78, 5) is 12.7. The molecule has 4 nitrogen and oxygen atoms in total. The summed E-state index contributed by atoms with van der Waals surface area (Å²) in [5.41, 5.74) is 3.52. The molecule has 3 rings (SSSR count). The number of aryl methyl sites for hydroxylation is 3. The fourth-order valence-electron chi connectivity index (χ4n) is 2.78. The van der Waals surface area contributed by atoms with Crippen LogP contribution in [0.25, 0.3) is 21.9 Å². The smallest absolute Gasteiger partial charge is 0.278 e. The van der Waals surface area contributed by atoms with Crippen LogP contribution >= 0.6 is 0 Å². The van der Waals surface area contributed by atoms with Gasteiger partial charge in [0.25, 0.3) is 5.56 Å². The molecule has 0 atom stereocenters. The number of rotatable bonds is 2. The molecule has 0 amide bonds. The summed E-state index contributed by atoms with van der Waals surface area (Å²) in [5, 5.41) is 6.20. The quantitative estimate of drug-likeness (QED) is 0.729. The molecule has 0 bridgehead atoms. The Morgan fingerprint density at radius 3 is 2.55 bits per heavy atom. The molecule has 1 aromatic heterocycles. The molecule has 4 heteroatoms. The highest BCUT2D eigenvalue weighted by atomic mass is 16.5. The Kier molecular flexibility index (Phi) is 3.45. The Balaban J connectivity index is 2.50. The van der Waals surface area contributed by atoms with E-state index in [9.17, 15) is 4.79 Å². The predicted octanol–water partition coefficient (Wildman–Crippen LogP) is 3.23. The van der Waals surface area contributed by atoms with Gasteiger partial charge in [0.2, 0.25) is 0 Å². The third kappa shape index (κ3) is 2.17. The van der Waals surface area contributed by atoms with Crippen molar-refractivity contribution >= 4 is 10.8 Å². The molecule has 2 aromatic carbocycles. The zero-order valence-electron chi connectivity index (χ0n) is 13.2. The van der Waals surface area contributed by atoms with Gasteiger partial charge in [0.1, 0.15) is 0 Å². The van der Waals surface area contributed by atoms with Gasteiger partial charge >= 0.3 is 0 Å². The molecular formula is C18H18N2O2. The molecule has 0 aliphatic rings. The maximum absolute atomic E-state index is 12.7. The van der Waals surface area contributed by atoms with Crippen molar-refractivity contribution in [3.05, 3.63) is 58.0 Å². The monoisotopic (exact) mass is 294 g/mol. The third-order valence-corrected chi connectivity index (χ3v) is 3.96. The van der Waals surface area contributed by atoms with Crippen molar-refractivity contribution in [2.45, 2.75) is 13.8 Å². The highest BCUT2D eigenvalue weighted by Gasteiger charge is 2.17. The molecule has 1 heterocycles. The van der Waals surface area contributed by atoms with Crippen molar-refractivity contribution < 1.29 is 4.74 Å². The summed E-state index contributed by atoms with van der Waals surface area (Å²) in [5.74, 6) is 0.500. The van der Waals surface area contributed by atoms with Gasteiger partial charge in [0, 0.05) is 12.6 Å². The van der Waals surface area contributed by atoms with E-state index < -0.39 is 0 Å². The molecule has 0 fully saturated rings. The van der Waals surface area contributed by atoms with Gasteiger partial charge in [-0.2, -0.15) is 5.10 Å². The summed E-state index contributed by atoms with van der Waals surface area (Å²) in [6.07, 6.45) is 1.59. The first-order valence-corrected chi connectivity index (χ1v) is 7.13. The second-order valence-electron chi connectivity index (χ2n) is 5.50. The van der Waals surface area contributed by atoms with Gasteiger partial charge in [-0.1, -0.05) is 35.9 Å². The lowest BCUT2D eigenvalue weighted by Gasteiger charge is -2.14. The SMILES string of the molecule is COc1cnn(C)c(=O)c1-c1c(C)ccc2ccc(C)cc12. The first kappa shape index (κ1) is 14.3. The minimum Gasteiger partial charge on any atom is -0.494 e. The van der Waals surface area contributed by atoms with Gasteiger partial charge in [0.05, 0.1) is 18.9 Å². The summed E-state index contributed by atoms with van der Waals surface area (Å²) in [6.45, 7) is 4.06. The lowest BCUT2D eigenvalue weighted by Crippen LogP contribution is -2.22. The van der Waals surface area contributed by atoms with Crippen molar-refractivity contribution in [2.24, 2.45) is 7.05 Å². The van der Waals surface area contributed by atoms with Crippen molar-refractivity contribution in [2.75, 3.05) is 7.11 Å². The first-order chi connectivity index (χ1) is 10.5. The Labute approximate surface area is 129 Å². The molecule has 0 saturated carbocycles. The average molecular weight is 294 g/mol. The van der Waals surface area contributed by atoms with Gasteiger partial charge < -0.3 is 4.74 Å². The standard InChI is InChI=1S/C18H18N2O2/c1-11-5-7-13-8-6-12(2)16(14(13)9-11)17-15(22-4)10-19-20(3)18(17)21/h5-10H,1-4H3. The number of benzene rings is 2. The summed E-state index contributed by atoms with van der Waals surface area (Å²) < 4.78 is 6.73. The lowest BCUT2D eigenvalue weighted by atomic mass is 9.93. The average Bonchev–Trinajstić information content (AvgIpc) is 2.50. The number of aromatic nitrogens is 2. The Morgan fingerprint density at radius 1 is 1.09 bits per heavy atom. The van der Waals surface area contributed by atoms with Crippen LogP contribution in [0.4, 0.5) is 0 Å². The number of methoxy groups -OCH3 is 1. The summed E-state index contributed by atoms with van der Waals surface area (Å²) in [7, 11) is 3.21. The molecule has 22 heavy (non-hydrogen) atoms. The lowest BCUT2D eigenvalue weighted by molar-refractivity contribution is 0.410. The minimum atomic E-state index is -0.156. The number of hydrogen-bond acceptors (Lipinski definition) is 3. The van der Waals surface area contributed by atoms with Crippen molar-refractivity contribution in [1.29, 1.82) is 0 Å². The first-order valence-electron chi connectivity index (χ1n) is 7.13. The van der Waals surface area contributed by atoms with E-state index in [2.05, 4.69) is 29.4 Å². The van der Waals surface area contributed by atoms with E-state index in [0.29, 0.717) is 11.3 Å². The van der Waals surface area contributed by atoms with Crippen LogP contribution in [-0.2, 0) is 7.05 Å². The van der Waals surface area contributed by atoms with Crippen LogP contribution < -0.4 is 10.3 Å². The topological polar surface area (TPSA) is 44.1 Å². The Bertz CT molecular complexity index is 921. The molecule has 0 N–H and O–H groups in total. The van der Waals surface area contributed by atoms with E-state index in [1.807, 2.05) is 19.9 Å². The molecule has 3 aromatic rings. The number of hydrogen-bond donors (Lipinski definition) is 0.